The molecule has 0 aromatic heterocycles. The van der Waals surface area contributed by atoms with Crippen LogP contribution in [0.15, 0.2) is 134 Å². The molecule has 12 N–H and O–H groups in total. The number of alkyl carbamates (subject to hydrolysis) is 1. The highest BCUT2D eigenvalue weighted by atomic mass is 16.7. The average Bonchev–Trinajstić information content (AvgIpc) is 2.88. The van der Waals surface area contributed by atoms with Crippen molar-refractivity contribution in [3.63, 3.8) is 0 Å². The lowest BCUT2D eigenvalue weighted by molar-refractivity contribution is -0.309. The number of ether oxygens (including phenoxy) is 5. The van der Waals surface area contributed by atoms with Crippen LogP contribution in [0.3, 0.4) is 0 Å². The number of carbonyl (C=O) groups is 3. The fraction of sp³-hybridized carbons (Fsp3) is 0.532. The van der Waals surface area contributed by atoms with Crippen LogP contribution in [0.1, 0.15) is 96.1 Å². The van der Waals surface area contributed by atoms with Crippen LogP contribution in [-0.4, -0.2) is 178 Å². The van der Waals surface area contributed by atoms with Crippen LogP contribution in [0.2, 0.25) is 0 Å². The summed E-state index contributed by atoms with van der Waals surface area (Å²) in [6.45, 7) is 6.64. The molecule has 4 aliphatic rings. The Morgan fingerprint density at radius 2 is 1.21 bits per heavy atom. The number of rotatable bonds is 6. The standard InChI is InChI=1S/C62H83NO19/c1-36-21-15-13-11-9-7-5-6-8-10-12-14-16-22-43(81-60-58(73)55(57(72)39(4)80-60)63-61(76)78-35-48-46-25-19-17-23-44(46)45-24-18-20-26-47(45)48)32-52-54(59(74)75)51(69)34-62(77,82-52)33-42(66)30-50(68)49(67)28-27-40(64)29-41(65)31-53(70)79-38(3)37(2)56(36)71/h5-26,36-43,48-52,54-58,60,64-69,71-73,77H,27-35H2,1-4H3,(H,63,76)(H,74,75)/b6-5+,9-7+,10-8+,13-11+,14-12+,21-15+,22-16+/t36?,37-,38-,39+,40+,41+,42-,43-,49+,50+,51-,52-,54+,55-,56+,57+,58-,60-,62+/m0/s1. The van der Waals surface area contributed by atoms with Gasteiger partial charge in [0.2, 0.25) is 0 Å². The predicted molar refractivity (Wildman–Crippen MR) is 301 cm³/mol. The van der Waals surface area contributed by atoms with E-state index in [1.807, 2.05) is 61.5 Å². The van der Waals surface area contributed by atoms with Gasteiger partial charge in [-0.15, -0.1) is 0 Å². The minimum absolute atomic E-state index is 0.0562. The number of hydrogen-bond acceptors (Lipinski definition) is 18. The van der Waals surface area contributed by atoms with Crippen LogP contribution < -0.4 is 5.32 Å². The van der Waals surface area contributed by atoms with Gasteiger partial charge in [0.05, 0.1) is 73.5 Å². The van der Waals surface area contributed by atoms with Crippen molar-refractivity contribution >= 4 is 18.0 Å². The molecular weight excluding hydrogens is 1060 g/mol. The van der Waals surface area contributed by atoms with Gasteiger partial charge in [0.15, 0.2) is 12.1 Å². The van der Waals surface area contributed by atoms with Crippen molar-refractivity contribution in [3.05, 3.63) is 145 Å². The number of fused-ring (bicyclic) bond motifs is 5. The molecule has 0 saturated carbocycles. The summed E-state index contributed by atoms with van der Waals surface area (Å²) in [6, 6.07) is 14.2. The van der Waals surface area contributed by atoms with Gasteiger partial charge < -0.3 is 85.2 Å². The Morgan fingerprint density at radius 1 is 0.634 bits per heavy atom. The first-order valence-electron chi connectivity index (χ1n) is 28.1. The zero-order valence-electron chi connectivity index (χ0n) is 46.7. The number of aliphatic carboxylic acids is 1. The van der Waals surface area contributed by atoms with Crippen LogP contribution in [0.5, 0.6) is 0 Å². The van der Waals surface area contributed by atoms with Crippen molar-refractivity contribution in [1.82, 2.24) is 5.32 Å². The van der Waals surface area contributed by atoms with Crippen LogP contribution in [0, 0.1) is 17.8 Å². The largest absolute Gasteiger partial charge is 0.481 e. The Labute approximate surface area is 478 Å². The molecule has 3 heterocycles. The van der Waals surface area contributed by atoms with Crippen LogP contribution in [0.4, 0.5) is 4.79 Å². The number of benzene rings is 2. The molecule has 2 fully saturated rings. The Bertz CT molecular complexity index is 2550. The number of carboxylic acid groups (broad SMARTS) is 1. The summed E-state index contributed by atoms with van der Waals surface area (Å²) in [5, 5.41) is 124. The molecule has 1 unspecified atom stereocenters. The number of esters is 1. The molecule has 0 radical (unpaired) electrons. The van der Waals surface area contributed by atoms with E-state index in [1.165, 1.54) is 13.0 Å². The Balaban J connectivity index is 1.19. The van der Waals surface area contributed by atoms with Crippen LogP contribution in [0.25, 0.3) is 11.1 Å². The monoisotopic (exact) mass is 1150 g/mol. The fourth-order valence-electron chi connectivity index (χ4n) is 10.9. The summed E-state index contributed by atoms with van der Waals surface area (Å²) < 4.78 is 29.5. The van der Waals surface area contributed by atoms with E-state index in [1.54, 1.807) is 86.8 Å². The summed E-state index contributed by atoms with van der Waals surface area (Å²) in [5.41, 5.74) is 3.98. The van der Waals surface area contributed by atoms with Gasteiger partial charge in [-0.05, 0) is 55.4 Å². The van der Waals surface area contributed by atoms with Gasteiger partial charge in [0.25, 0.3) is 0 Å². The maximum absolute atomic E-state index is 13.5. The molecule has 3 aliphatic heterocycles. The first-order valence-corrected chi connectivity index (χ1v) is 28.1. The molecular formula is C62H83NO19. The van der Waals surface area contributed by atoms with E-state index in [4.69, 9.17) is 23.7 Å². The van der Waals surface area contributed by atoms with Gasteiger partial charge in [-0.25, -0.2) is 4.79 Å². The molecule has 6 rings (SSSR count). The molecule has 2 bridgehead atoms. The number of amides is 1. The quantitative estimate of drug-likeness (QED) is 0.180. The average molecular weight is 1150 g/mol. The van der Waals surface area contributed by atoms with E-state index in [0.717, 1.165) is 22.3 Å². The third-order valence-corrected chi connectivity index (χ3v) is 15.6. The minimum Gasteiger partial charge on any atom is -0.481 e. The number of cyclic esters (lactones) is 1. The minimum atomic E-state index is -2.40. The van der Waals surface area contributed by atoms with Crippen LogP contribution in [-0.2, 0) is 33.3 Å². The third kappa shape index (κ3) is 18.7. The lowest BCUT2D eigenvalue weighted by atomic mass is 9.82. The topological polar surface area (TPSA) is 332 Å². The van der Waals surface area contributed by atoms with Crippen molar-refractivity contribution in [2.45, 2.75) is 182 Å². The second kappa shape index (κ2) is 31.3. The molecule has 82 heavy (non-hydrogen) atoms. The number of nitrogens with one attached hydrogen (secondary N) is 1. The molecule has 20 nitrogen and oxygen atoms in total. The molecule has 1 amide bonds. The smallest absolute Gasteiger partial charge is 0.407 e. The van der Waals surface area contributed by atoms with Gasteiger partial charge in [-0.1, -0.05) is 147 Å². The number of allylic oxidation sites excluding steroid dienone is 12. The molecule has 2 saturated heterocycles. The molecule has 450 valence electrons. The Hall–Kier alpha value is -5.69. The van der Waals surface area contributed by atoms with E-state index in [2.05, 4.69) is 5.32 Å². The lowest BCUT2D eigenvalue weighted by Gasteiger charge is -2.45. The summed E-state index contributed by atoms with van der Waals surface area (Å²) in [6.07, 6.45) is 0.660. The van der Waals surface area contributed by atoms with Gasteiger partial charge >= 0.3 is 18.0 Å². The third-order valence-electron chi connectivity index (χ3n) is 15.6. The highest BCUT2D eigenvalue weighted by Crippen LogP contribution is 2.45. The Kier molecular flexibility index (Phi) is 25.0. The molecule has 1 aliphatic carbocycles. The van der Waals surface area contributed by atoms with Crippen molar-refractivity contribution in [2.75, 3.05) is 6.61 Å². The summed E-state index contributed by atoms with van der Waals surface area (Å²) in [5.74, 6) is -7.35. The summed E-state index contributed by atoms with van der Waals surface area (Å²) in [7, 11) is 0. The van der Waals surface area contributed by atoms with E-state index >= 15 is 0 Å². The predicted octanol–water partition coefficient (Wildman–Crippen LogP) is 4.29. The number of carboxylic acids is 1. The maximum Gasteiger partial charge on any atom is 0.407 e. The van der Waals surface area contributed by atoms with Gasteiger partial charge in [-0.2, -0.15) is 0 Å². The van der Waals surface area contributed by atoms with Gasteiger partial charge in [-0.3, -0.25) is 9.59 Å². The maximum atomic E-state index is 13.5. The molecule has 0 spiro atoms. The number of aliphatic hydroxyl groups excluding tert-OH is 9. The van der Waals surface area contributed by atoms with Gasteiger partial charge in [0.1, 0.15) is 30.8 Å². The normalized spacial score (nSPS) is 38.9. The SMILES string of the molecule is CC1/C=C/C=C/C=C/C=C/C=C/C=C/C=C/[C@H](O[C@@H]2O[C@H](C)[C@@H](O)[C@H](NC(=O)OCC3c4ccccc4-c4ccccc43)[C@@H]2O)C[C@@H]2O[C@](O)(C[C@@H](O)C[C@@H](O)[C@H](O)CC[C@@H](O)C[C@@H](O)CC(=O)O[C@@H](C)[C@H](C)[C@@H]1O)C[C@H](O)[C@H]2C(=O)O. The van der Waals surface area contributed by atoms with Crippen molar-refractivity contribution < 1.29 is 94.2 Å². The van der Waals surface area contributed by atoms with E-state index in [0.29, 0.717) is 0 Å². The van der Waals surface area contributed by atoms with Gasteiger partial charge in [0, 0.05) is 43.4 Å². The Morgan fingerprint density at radius 3 is 1.80 bits per heavy atom. The summed E-state index contributed by atoms with van der Waals surface area (Å²) >= 11 is 0. The van der Waals surface area contributed by atoms with Crippen molar-refractivity contribution in [3.8, 4) is 11.1 Å². The molecule has 19 atom stereocenters. The van der Waals surface area contributed by atoms with E-state index in [-0.39, 0.29) is 37.7 Å². The second-order valence-electron chi connectivity index (χ2n) is 22.0. The molecule has 2 aromatic rings. The molecule has 20 heteroatoms. The molecule has 2 aromatic carbocycles. The highest BCUT2D eigenvalue weighted by Gasteiger charge is 2.51. The summed E-state index contributed by atoms with van der Waals surface area (Å²) in [4.78, 5) is 39.0. The number of carbonyl (C=O) groups excluding carboxylic acids is 2. The number of hydrogen-bond donors (Lipinski definition) is 12. The van der Waals surface area contributed by atoms with Crippen molar-refractivity contribution in [2.24, 2.45) is 17.8 Å². The fourth-order valence-corrected chi connectivity index (χ4v) is 10.9. The van der Waals surface area contributed by atoms with E-state index < -0.39 is 159 Å². The first kappa shape index (κ1) is 65.5. The zero-order chi connectivity index (χ0) is 59.7. The van der Waals surface area contributed by atoms with E-state index in [9.17, 15) is 70.6 Å². The first-order chi connectivity index (χ1) is 39.0. The van der Waals surface area contributed by atoms with Crippen molar-refractivity contribution in [1.29, 1.82) is 0 Å². The lowest BCUT2D eigenvalue weighted by Crippen LogP contribution is -2.64. The second-order valence-corrected chi connectivity index (χ2v) is 22.0. The number of aliphatic hydroxyl groups is 10. The zero-order valence-corrected chi connectivity index (χ0v) is 46.7. The highest BCUT2D eigenvalue weighted by molar-refractivity contribution is 5.79. The van der Waals surface area contributed by atoms with Crippen LogP contribution >= 0.6 is 0 Å².